The number of amides is 1. The molecule has 0 unspecified atom stereocenters. The minimum Gasteiger partial charge on any atom is -0.398 e. The molecule has 1 aromatic heterocycles. The molecule has 0 fully saturated rings. The molecule has 0 bridgehead atoms. The fraction of sp³-hybridized carbons (Fsp3) is 0.143. The predicted molar refractivity (Wildman–Crippen MR) is 49.8 cm³/mol. The van der Waals surface area contributed by atoms with Gasteiger partial charge in [-0.25, -0.2) is 13.8 Å². The Bertz CT molecular complexity index is 383. The zero-order chi connectivity index (χ0) is 10.9. The van der Waals surface area contributed by atoms with Gasteiger partial charge in [0.2, 0.25) is 0 Å². The van der Waals surface area contributed by atoms with Gasteiger partial charge in [-0.1, -0.05) is 0 Å². The zero-order valence-electron chi connectivity index (χ0n) is 6.80. The standard InChI is InChI=1S/C7H6BrF2N3O/c8-5-3(6(9)10)4(11)2(1-13-5)7(12)14/h1,6H,(H2,11,13)(H2,12,14). The van der Waals surface area contributed by atoms with Crippen LogP contribution in [-0.2, 0) is 0 Å². The Morgan fingerprint density at radius 1 is 1.57 bits per heavy atom. The summed E-state index contributed by atoms with van der Waals surface area (Å²) in [5.41, 5.74) is 9.19. The van der Waals surface area contributed by atoms with Gasteiger partial charge in [-0.3, -0.25) is 4.79 Å². The van der Waals surface area contributed by atoms with Gasteiger partial charge in [0.05, 0.1) is 16.8 Å². The SMILES string of the molecule is NC(=O)c1cnc(Br)c(C(F)F)c1N. The molecule has 0 saturated carbocycles. The molecular formula is C7H6BrF2N3O. The van der Waals surface area contributed by atoms with E-state index in [9.17, 15) is 13.6 Å². The number of hydrogen-bond donors (Lipinski definition) is 2. The first-order valence-corrected chi connectivity index (χ1v) is 4.26. The maximum absolute atomic E-state index is 12.4. The molecule has 0 radical (unpaired) electrons. The average Bonchev–Trinajstić information content (AvgIpc) is 2.02. The molecule has 0 saturated heterocycles. The highest BCUT2D eigenvalue weighted by Crippen LogP contribution is 2.32. The molecule has 1 heterocycles. The van der Waals surface area contributed by atoms with Crippen molar-refractivity contribution in [3.05, 3.63) is 21.9 Å². The van der Waals surface area contributed by atoms with Crippen LogP contribution in [0, 0.1) is 0 Å². The van der Waals surface area contributed by atoms with Crippen molar-refractivity contribution in [3.63, 3.8) is 0 Å². The fourth-order valence-electron chi connectivity index (χ4n) is 0.920. The van der Waals surface area contributed by atoms with E-state index in [2.05, 4.69) is 20.9 Å². The number of hydrogen-bond acceptors (Lipinski definition) is 3. The zero-order valence-corrected chi connectivity index (χ0v) is 8.38. The molecule has 76 valence electrons. The smallest absolute Gasteiger partial charge is 0.268 e. The van der Waals surface area contributed by atoms with E-state index in [1.165, 1.54) is 0 Å². The first-order chi connectivity index (χ1) is 6.45. The lowest BCUT2D eigenvalue weighted by Crippen LogP contribution is -2.15. The van der Waals surface area contributed by atoms with Crippen LogP contribution in [0.1, 0.15) is 22.3 Å². The van der Waals surface area contributed by atoms with Crippen LogP contribution < -0.4 is 11.5 Å². The van der Waals surface area contributed by atoms with E-state index >= 15 is 0 Å². The number of alkyl halides is 2. The van der Waals surface area contributed by atoms with Crippen LogP contribution in [-0.4, -0.2) is 10.9 Å². The van der Waals surface area contributed by atoms with Crippen molar-refractivity contribution in [2.45, 2.75) is 6.43 Å². The van der Waals surface area contributed by atoms with Crippen LogP contribution in [0.15, 0.2) is 10.8 Å². The molecule has 0 spiro atoms. The van der Waals surface area contributed by atoms with Crippen molar-refractivity contribution in [1.82, 2.24) is 4.98 Å². The second-order valence-electron chi connectivity index (χ2n) is 2.45. The molecule has 4 N–H and O–H groups in total. The maximum atomic E-state index is 12.4. The lowest BCUT2D eigenvalue weighted by atomic mass is 10.1. The van der Waals surface area contributed by atoms with E-state index < -0.39 is 17.9 Å². The van der Waals surface area contributed by atoms with Gasteiger partial charge >= 0.3 is 0 Å². The summed E-state index contributed by atoms with van der Waals surface area (Å²) in [7, 11) is 0. The summed E-state index contributed by atoms with van der Waals surface area (Å²) in [5, 5.41) is 0. The highest BCUT2D eigenvalue weighted by molar-refractivity contribution is 9.10. The number of nitrogen functional groups attached to an aromatic ring is 1. The Morgan fingerprint density at radius 3 is 2.57 bits per heavy atom. The second-order valence-corrected chi connectivity index (χ2v) is 3.21. The average molecular weight is 266 g/mol. The van der Waals surface area contributed by atoms with Crippen LogP contribution in [0.25, 0.3) is 0 Å². The third-order valence-electron chi connectivity index (χ3n) is 1.59. The van der Waals surface area contributed by atoms with Crippen molar-refractivity contribution in [2.75, 3.05) is 5.73 Å². The van der Waals surface area contributed by atoms with Crippen molar-refractivity contribution in [1.29, 1.82) is 0 Å². The van der Waals surface area contributed by atoms with Gasteiger partial charge in [0.15, 0.2) is 0 Å². The van der Waals surface area contributed by atoms with Gasteiger partial charge in [-0.2, -0.15) is 0 Å². The van der Waals surface area contributed by atoms with Crippen LogP contribution in [0.2, 0.25) is 0 Å². The quantitative estimate of drug-likeness (QED) is 0.795. The van der Waals surface area contributed by atoms with Gasteiger partial charge < -0.3 is 11.5 Å². The topological polar surface area (TPSA) is 82.0 Å². The van der Waals surface area contributed by atoms with Crippen molar-refractivity contribution < 1.29 is 13.6 Å². The number of primary amides is 1. The summed E-state index contributed by atoms with van der Waals surface area (Å²) in [5.74, 6) is -0.885. The number of nitrogens with two attached hydrogens (primary N) is 2. The molecule has 0 atom stereocenters. The van der Waals surface area contributed by atoms with Crippen molar-refractivity contribution >= 4 is 27.5 Å². The monoisotopic (exact) mass is 265 g/mol. The minimum atomic E-state index is -2.81. The Morgan fingerprint density at radius 2 is 2.14 bits per heavy atom. The Hall–Kier alpha value is -1.24. The molecule has 1 aromatic rings. The molecule has 4 nitrogen and oxygen atoms in total. The molecule has 14 heavy (non-hydrogen) atoms. The van der Waals surface area contributed by atoms with Crippen LogP contribution in [0.5, 0.6) is 0 Å². The number of aromatic nitrogens is 1. The highest BCUT2D eigenvalue weighted by atomic mass is 79.9. The Labute approximate surface area is 86.4 Å². The lowest BCUT2D eigenvalue weighted by Gasteiger charge is -2.08. The second kappa shape index (κ2) is 3.87. The van der Waals surface area contributed by atoms with Gasteiger partial charge in [0, 0.05) is 6.20 Å². The van der Waals surface area contributed by atoms with E-state index in [4.69, 9.17) is 11.5 Å². The third-order valence-corrected chi connectivity index (χ3v) is 2.23. The molecule has 1 amide bonds. The molecule has 7 heteroatoms. The molecular weight excluding hydrogens is 260 g/mol. The van der Waals surface area contributed by atoms with Crippen molar-refractivity contribution in [3.8, 4) is 0 Å². The van der Waals surface area contributed by atoms with Crippen LogP contribution in [0.3, 0.4) is 0 Å². The summed E-state index contributed by atoms with van der Waals surface area (Å²) in [6.07, 6.45) is -1.76. The van der Waals surface area contributed by atoms with Gasteiger partial charge in [0.1, 0.15) is 4.60 Å². The maximum Gasteiger partial charge on any atom is 0.268 e. The Balaban J connectivity index is 3.41. The highest BCUT2D eigenvalue weighted by Gasteiger charge is 2.20. The fourth-order valence-corrected chi connectivity index (χ4v) is 1.41. The summed E-state index contributed by atoms with van der Waals surface area (Å²) in [6.45, 7) is 0. The number of anilines is 1. The first-order valence-electron chi connectivity index (χ1n) is 3.47. The summed E-state index contributed by atoms with van der Waals surface area (Å²) in [4.78, 5) is 14.3. The van der Waals surface area contributed by atoms with E-state index in [0.717, 1.165) is 6.20 Å². The number of halogens is 3. The number of nitrogens with zero attached hydrogens (tertiary/aromatic N) is 1. The van der Waals surface area contributed by atoms with E-state index in [-0.39, 0.29) is 15.9 Å². The lowest BCUT2D eigenvalue weighted by molar-refractivity contribution is 0.100. The van der Waals surface area contributed by atoms with Crippen LogP contribution in [0.4, 0.5) is 14.5 Å². The molecule has 0 aromatic carbocycles. The van der Waals surface area contributed by atoms with Gasteiger partial charge in [0.25, 0.3) is 12.3 Å². The minimum absolute atomic E-state index is 0.0880. The summed E-state index contributed by atoms with van der Waals surface area (Å²) in [6, 6.07) is 0. The summed E-state index contributed by atoms with van der Waals surface area (Å²) >= 11 is 2.81. The van der Waals surface area contributed by atoms with E-state index in [0.29, 0.717) is 0 Å². The number of rotatable bonds is 2. The molecule has 0 aliphatic rings. The Kier molecular flexibility index (Phi) is 3.00. The van der Waals surface area contributed by atoms with Gasteiger partial charge in [-0.15, -0.1) is 0 Å². The van der Waals surface area contributed by atoms with E-state index in [1.54, 1.807) is 0 Å². The third kappa shape index (κ3) is 1.82. The van der Waals surface area contributed by atoms with Crippen LogP contribution >= 0.6 is 15.9 Å². The molecule has 0 aliphatic heterocycles. The largest absolute Gasteiger partial charge is 0.398 e. The molecule has 1 rings (SSSR count). The number of pyridine rings is 1. The summed E-state index contributed by atoms with van der Waals surface area (Å²) < 4.78 is 24.8. The molecule has 0 aliphatic carbocycles. The van der Waals surface area contributed by atoms with Gasteiger partial charge in [-0.05, 0) is 15.9 Å². The predicted octanol–water partition coefficient (Wildman–Crippen LogP) is 1.46. The normalized spacial score (nSPS) is 10.6. The number of carbonyl (C=O) groups is 1. The van der Waals surface area contributed by atoms with Crippen molar-refractivity contribution in [2.24, 2.45) is 5.73 Å². The van der Waals surface area contributed by atoms with E-state index in [1.807, 2.05) is 0 Å². The number of carbonyl (C=O) groups excluding carboxylic acids is 1. The first kappa shape index (κ1) is 10.8.